The van der Waals surface area contributed by atoms with Crippen molar-refractivity contribution >= 4 is 43.4 Å². The summed E-state index contributed by atoms with van der Waals surface area (Å²) in [6, 6.07) is 33.0. The van der Waals surface area contributed by atoms with Gasteiger partial charge in [-0.15, -0.1) is 0 Å². The predicted molar refractivity (Wildman–Crippen MR) is 152 cm³/mol. The second-order valence-corrected chi connectivity index (χ2v) is 9.91. The second kappa shape index (κ2) is 8.01. The van der Waals surface area contributed by atoms with Crippen LogP contribution in [-0.2, 0) is 7.05 Å². The molecule has 0 radical (unpaired) electrons. The highest BCUT2D eigenvalue weighted by Gasteiger charge is 2.22. The molecule has 0 amide bonds. The van der Waals surface area contributed by atoms with Crippen molar-refractivity contribution in [3.63, 3.8) is 0 Å². The summed E-state index contributed by atoms with van der Waals surface area (Å²) in [6.07, 6.45) is 2.12. The van der Waals surface area contributed by atoms with Crippen molar-refractivity contribution in [2.45, 2.75) is 13.8 Å². The van der Waals surface area contributed by atoms with Crippen LogP contribution in [0.5, 0.6) is 0 Å². The van der Waals surface area contributed by atoms with Gasteiger partial charge >= 0.3 is 0 Å². The number of aryl methyl sites for hydroxylation is 3. The number of para-hydroxylation sites is 2. The molecule has 7 aromatic rings. The maximum absolute atomic E-state index is 15.4. The molecule has 7 rings (SSSR count). The Morgan fingerprint density at radius 2 is 1.32 bits per heavy atom. The van der Waals surface area contributed by atoms with E-state index in [0.29, 0.717) is 5.52 Å². The monoisotopic (exact) mass is 481 g/mol. The van der Waals surface area contributed by atoms with Crippen molar-refractivity contribution in [3.8, 4) is 16.9 Å². The van der Waals surface area contributed by atoms with Gasteiger partial charge in [-0.3, -0.25) is 0 Å². The van der Waals surface area contributed by atoms with Gasteiger partial charge in [0.05, 0.1) is 27.7 Å². The Hall–Kier alpha value is -4.50. The lowest BCUT2D eigenvalue weighted by Gasteiger charge is -2.15. The molecule has 5 aromatic carbocycles. The maximum Gasteiger partial charge on any atom is 0.220 e. The van der Waals surface area contributed by atoms with Gasteiger partial charge in [-0.25, -0.2) is 8.96 Å². The maximum atomic E-state index is 15.4. The standard InChI is InChI=1S/C34H26FN2/c1-21-20-29(22(2)24-11-5-4-10-23(21)24)33-27-14-9-17-32(26(27)18-19-36(33)3)37-31-16-7-6-12-25(31)28-13-8-15-30(35)34(28)37/h4-20H,1-3H3/q+1. The Bertz CT molecular complexity index is 2030. The van der Waals surface area contributed by atoms with Crippen LogP contribution in [0.25, 0.3) is 60.3 Å². The molecular formula is C34H26FN2+. The first-order chi connectivity index (χ1) is 18.0. The lowest BCUT2D eigenvalue weighted by atomic mass is 9.92. The van der Waals surface area contributed by atoms with Crippen molar-refractivity contribution in [1.82, 2.24) is 4.57 Å². The molecule has 178 valence electrons. The second-order valence-electron chi connectivity index (χ2n) is 9.91. The summed E-state index contributed by atoms with van der Waals surface area (Å²) in [6.45, 7) is 4.39. The molecule has 0 bridgehead atoms. The summed E-state index contributed by atoms with van der Waals surface area (Å²) in [7, 11) is 2.10. The van der Waals surface area contributed by atoms with E-state index >= 15 is 4.39 Å². The third-order valence-corrected chi connectivity index (χ3v) is 7.82. The van der Waals surface area contributed by atoms with E-state index in [9.17, 15) is 0 Å². The zero-order chi connectivity index (χ0) is 25.3. The fourth-order valence-electron chi connectivity index (χ4n) is 6.09. The van der Waals surface area contributed by atoms with E-state index in [0.717, 1.165) is 38.4 Å². The summed E-state index contributed by atoms with van der Waals surface area (Å²) in [5.41, 5.74) is 7.49. The van der Waals surface area contributed by atoms with Gasteiger partial charge in [0.2, 0.25) is 5.69 Å². The number of hydrogen-bond donors (Lipinski definition) is 0. The number of hydrogen-bond acceptors (Lipinski definition) is 0. The molecule has 0 fully saturated rings. The molecule has 0 aliphatic rings. The lowest BCUT2D eigenvalue weighted by Crippen LogP contribution is -2.31. The normalized spacial score (nSPS) is 11.8. The Kier molecular flexibility index (Phi) is 4.71. The highest BCUT2D eigenvalue weighted by atomic mass is 19.1. The van der Waals surface area contributed by atoms with Crippen molar-refractivity contribution in [2.75, 3.05) is 0 Å². The SMILES string of the molecule is Cc1cc(-c2c3cccc(-n4c5ccccc5c5cccc(F)c54)c3cc[n+]2C)c(C)c2ccccc12. The predicted octanol–water partition coefficient (Wildman–Crippen LogP) is 8.34. The molecule has 2 heterocycles. The fraction of sp³-hybridized carbons (Fsp3) is 0.0882. The Morgan fingerprint density at radius 1 is 0.649 bits per heavy atom. The van der Waals surface area contributed by atoms with E-state index in [4.69, 9.17) is 0 Å². The zero-order valence-electron chi connectivity index (χ0n) is 21.1. The van der Waals surface area contributed by atoms with Crippen LogP contribution >= 0.6 is 0 Å². The van der Waals surface area contributed by atoms with Gasteiger partial charge in [-0.1, -0.05) is 60.7 Å². The van der Waals surface area contributed by atoms with Crippen LogP contribution in [0, 0.1) is 19.7 Å². The Balaban J connectivity index is 1.61. The number of nitrogens with zero attached hydrogens (tertiary/aromatic N) is 2. The molecular weight excluding hydrogens is 455 g/mol. The number of pyridine rings is 1. The van der Waals surface area contributed by atoms with Crippen molar-refractivity contribution in [2.24, 2.45) is 7.05 Å². The average Bonchev–Trinajstić information content (AvgIpc) is 3.26. The Labute approximate surface area is 214 Å². The number of aromatic nitrogens is 2. The molecule has 2 nitrogen and oxygen atoms in total. The van der Waals surface area contributed by atoms with Gasteiger partial charge in [0.1, 0.15) is 12.9 Å². The first-order valence-corrected chi connectivity index (χ1v) is 12.6. The van der Waals surface area contributed by atoms with Gasteiger partial charge in [-0.05, 0) is 66.1 Å². The molecule has 0 N–H and O–H groups in total. The minimum atomic E-state index is -0.214. The number of rotatable bonds is 2. The van der Waals surface area contributed by atoms with Gasteiger partial charge in [0, 0.05) is 22.2 Å². The van der Waals surface area contributed by atoms with Crippen molar-refractivity contribution < 1.29 is 8.96 Å². The van der Waals surface area contributed by atoms with Crippen LogP contribution in [-0.4, -0.2) is 4.57 Å². The molecule has 0 spiro atoms. The Morgan fingerprint density at radius 3 is 2.16 bits per heavy atom. The third-order valence-electron chi connectivity index (χ3n) is 7.82. The molecule has 0 unspecified atom stereocenters. The largest absolute Gasteiger partial charge is 0.306 e. The average molecular weight is 482 g/mol. The molecule has 0 aliphatic carbocycles. The molecule has 0 saturated carbocycles. The highest BCUT2D eigenvalue weighted by Crippen LogP contribution is 2.38. The minimum Gasteiger partial charge on any atom is -0.306 e. The lowest BCUT2D eigenvalue weighted by molar-refractivity contribution is -0.659. The molecule has 2 aromatic heterocycles. The van der Waals surface area contributed by atoms with Crippen LogP contribution in [0.1, 0.15) is 11.1 Å². The topological polar surface area (TPSA) is 8.81 Å². The summed E-state index contributed by atoms with van der Waals surface area (Å²) in [5.74, 6) is -0.214. The van der Waals surface area contributed by atoms with Gasteiger partial charge in [-0.2, -0.15) is 0 Å². The summed E-state index contributed by atoms with van der Waals surface area (Å²) >= 11 is 0. The number of benzene rings is 5. The van der Waals surface area contributed by atoms with E-state index in [2.05, 4.69) is 103 Å². The summed E-state index contributed by atoms with van der Waals surface area (Å²) < 4.78 is 19.7. The molecule has 0 atom stereocenters. The van der Waals surface area contributed by atoms with Crippen LogP contribution in [0.2, 0.25) is 0 Å². The van der Waals surface area contributed by atoms with Crippen LogP contribution in [0.4, 0.5) is 4.39 Å². The van der Waals surface area contributed by atoms with E-state index in [1.54, 1.807) is 12.1 Å². The molecule has 37 heavy (non-hydrogen) atoms. The third kappa shape index (κ3) is 3.07. The van der Waals surface area contributed by atoms with Crippen molar-refractivity contribution in [3.05, 3.63) is 120 Å². The van der Waals surface area contributed by atoms with Crippen LogP contribution in [0.3, 0.4) is 0 Å². The summed E-state index contributed by atoms with van der Waals surface area (Å²) in [4.78, 5) is 0. The van der Waals surface area contributed by atoms with Gasteiger partial charge < -0.3 is 4.57 Å². The highest BCUT2D eigenvalue weighted by molar-refractivity contribution is 6.11. The minimum absolute atomic E-state index is 0.214. The first kappa shape index (κ1) is 21.8. The van der Waals surface area contributed by atoms with E-state index in [1.807, 2.05) is 18.2 Å². The van der Waals surface area contributed by atoms with Crippen molar-refractivity contribution in [1.29, 1.82) is 0 Å². The van der Waals surface area contributed by atoms with Gasteiger partial charge in [0.25, 0.3) is 0 Å². The quantitative estimate of drug-likeness (QED) is 0.220. The summed E-state index contributed by atoms with van der Waals surface area (Å²) in [5, 5.41) is 6.77. The molecule has 0 aliphatic heterocycles. The van der Waals surface area contributed by atoms with Crippen LogP contribution in [0.15, 0.2) is 103 Å². The fourth-order valence-corrected chi connectivity index (χ4v) is 6.09. The molecule has 3 heteroatoms. The van der Waals surface area contributed by atoms with Crippen LogP contribution < -0.4 is 4.57 Å². The van der Waals surface area contributed by atoms with Gasteiger partial charge in [0.15, 0.2) is 6.20 Å². The first-order valence-electron chi connectivity index (χ1n) is 12.6. The number of halogens is 1. The smallest absolute Gasteiger partial charge is 0.220 e. The van der Waals surface area contributed by atoms with E-state index in [1.165, 1.54) is 27.5 Å². The van der Waals surface area contributed by atoms with E-state index < -0.39 is 0 Å². The zero-order valence-corrected chi connectivity index (χ0v) is 21.1. The number of fused-ring (bicyclic) bond motifs is 5. The molecule has 0 saturated heterocycles. The van der Waals surface area contributed by atoms with E-state index in [-0.39, 0.29) is 5.82 Å².